The van der Waals surface area contributed by atoms with Crippen molar-refractivity contribution in [2.45, 2.75) is 25.9 Å². The highest BCUT2D eigenvalue weighted by molar-refractivity contribution is 7.88. The number of carbonyl (C=O) groups excluding carboxylic acids is 1. The molecule has 158 valence electrons. The Morgan fingerprint density at radius 3 is 2.28 bits per heavy atom. The number of ether oxygens (including phenoxy) is 2. The number of hydrogen-bond acceptors (Lipinski definition) is 5. The minimum Gasteiger partial charge on any atom is -0.493 e. The summed E-state index contributed by atoms with van der Waals surface area (Å²) < 4.78 is 36.1. The molecule has 1 N–H and O–H groups in total. The summed E-state index contributed by atoms with van der Waals surface area (Å²) in [4.78, 5) is 12.6. The maximum atomic E-state index is 12.6. The third kappa shape index (κ3) is 6.47. The minimum absolute atomic E-state index is 0.139. The molecule has 0 heterocycles. The quantitative estimate of drug-likeness (QED) is 0.639. The number of methoxy groups -OCH3 is 2. The Morgan fingerprint density at radius 2 is 1.72 bits per heavy atom. The van der Waals surface area contributed by atoms with E-state index >= 15 is 0 Å². The number of hydrogen-bond donors (Lipinski definition) is 1. The lowest BCUT2D eigenvalue weighted by atomic mass is 10.0. The van der Waals surface area contributed by atoms with Crippen LogP contribution in [0.5, 0.6) is 11.5 Å². The van der Waals surface area contributed by atoms with E-state index < -0.39 is 10.0 Å². The van der Waals surface area contributed by atoms with Crippen molar-refractivity contribution in [3.05, 3.63) is 59.7 Å². The third-order valence-corrected chi connectivity index (χ3v) is 5.74. The molecule has 2 aromatic rings. The molecule has 7 nitrogen and oxygen atoms in total. The van der Waals surface area contributed by atoms with Crippen molar-refractivity contribution >= 4 is 15.9 Å². The van der Waals surface area contributed by atoms with Gasteiger partial charge in [-0.1, -0.05) is 43.3 Å². The summed E-state index contributed by atoms with van der Waals surface area (Å²) in [7, 11) is -0.440. The first kappa shape index (κ1) is 22.7. The van der Waals surface area contributed by atoms with E-state index in [1.54, 1.807) is 20.3 Å². The number of benzene rings is 2. The van der Waals surface area contributed by atoms with Gasteiger partial charge >= 0.3 is 0 Å². The highest BCUT2D eigenvalue weighted by Gasteiger charge is 2.22. The van der Waals surface area contributed by atoms with Gasteiger partial charge in [0, 0.05) is 6.54 Å². The molecular weight excluding hydrogens is 392 g/mol. The predicted molar refractivity (Wildman–Crippen MR) is 112 cm³/mol. The molecule has 0 aromatic heterocycles. The molecule has 2 rings (SSSR count). The summed E-state index contributed by atoms with van der Waals surface area (Å²) in [6.07, 6.45) is 1.74. The van der Waals surface area contributed by atoms with E-state index in [2.05, 4.69) is 5.32 Å². The average molecular weight is 421 g/mol. The number of carbonyl (C=O) groups is 1. The number of nitrogens with one attached hydrogen (secondary N) is 1. The first-order valence-electron chi connectivity index (χ1n) is 9.28. The van der Waals surface area contributed by atoms with Crippen molar-refractivity contribution in [1.29, 1.82) is 0 Å². The average Bonchev–Trinajstić information content (AvgIpc) is 2.71. The second-order valence-corrected chi connectivity index (χ2v) is 8.64. The van der Waals surface area contributed by atoms with Crippen LogP contribution in [0, 0.1) is 0 Å². The molecule has 1 atom stereocenters. The Labute approximate surface area is 172 Å². The second-order valence-electron chi connectivity index (χ2n) is 6.66. The fraction of sp³-hybridized carbons (Fsp3) is 0.381. The van der Waals surface area contributed by atoms with Crippen LogP contribution in [-0.4, -0.2) is 45.7 Å². The Hall–Kier alpha value is -2.58. The number of nitrogens with zero attached hydrogens (tertiary/aromatic N) is 1. The number of rotatable bonds is 10. The van der Waals surface area contributed by atoms with Gasteiger partial charge in [0.15, 0.2) is 11.5 Å². The van der Waals surface area contributed by atoms with Crippen LogP contribution in [0.4, 0.5) is 0 Å². The van der Waals surface area contributed by atoms with Gasteiger partial charge in [0.25, 0.3) is 0 Å². The zero-order valence-electron chi connectivity index (χ0n) is 17.2. The van der Waals surface area contributed by atoms with Gasteiger partial charge in [0.2, 0.25) is 15.9 Å². The molecule has 0 saturated carbocycles. The van der Waals surface area contributed by atoms with E-state index in [-0.39, 0.29) is 25.0 Å². The lowest BCUT2D eigenvalue weighted by Gasteiger charge is -2.23. The van der Waals surface area contributed by atoms with Gasteiger partial charge < -0.3 is 14.8 Å². The van der Waals surface area contributed by atoms with Crippen molar-refractivity contribution in [3.63, 3.8) is 0 Å². The molecular formula is C21H28N2O5S. The zero-order chi connectivity index (χ0) is 21.4. The number of amides is 1. The molecule has 0 bridgehead atoms. The second kappa shape index (κ2) is 10.3. The highest BCUT2D eigenvalue weighted by atomic mass is 32.2. The SMILES string of the molecule is CC[C@@H](NC(=O)CN(Cc1ccccc1)S(C)(=O)=O)c1ccc(OC)c(OC)c1. The topological polar surface area (TPSA) is 84.9 Å². The molecule has 0 fully saturated rings. The van der Waals surface area contributed by atoms with E-state index in [0.29, 0.717) is 17.9 Å². The van der Waals surface area contributed by atoms with Crippen molar-refractivity contribution in [2.24, 2.45) is 0 Å². The fourth-order valence-corrected chi connectivity index (χ4v) is 3.70. The lowest BCUT2D eigenvalue weighted by Crippen LogP contribution is -2.41. The molecule has 0 spiro atoms. The van der Waals surface area contributed by atoms with Gasteiger partial charge in [-0.15, -0.1) is 0 Å². The van der Waals surface area contributed by atoms with E-state index in [9.17, 15) is 13.2 Å². The largest absolute Gasteiger partial charge is 0.493 e. The third-order valence-electron chi connectivity index (χ3n) is 4.54. The van der Waals surface area contributed by atoms with Gasteiger partial charge in [-0.25, -0.2) is 8.42 Å². The normalized spacial score (nSPS) is 12.4. The number of sulfonamides is 1. The van der Waals surface area contributed by atoms with E-state index in [1.165, 1.54) is 4.31 Å². The lowest BCUT2D eigenvalue weighted by molar-refractivity contribution is -0.122. The standard InChI is InChI=1S/C21H28N2O5S/c1-5-18(17-11-12-19(27-2)20(13-17)28-3)22-21(24)15-23(29(4,25)26)14-16-9-7-6-8-10-16/h6-13,18H,5,14-15H2,1-4H3,(H,22,24)/t18-/m1/s1. The Bertz CT molecular complexity index is 916. The maximum absolute atomic E-state index is 12.6. The molecule has 0 aliphatic heterocycles. The molecule has 0 unspecified atom stereocenters. The van der Waals surface area contributed by atoms with Crippen molar-refractivity contribution in [3.8, 4) is 11.5 Å². The van der Waals surface area contributed by atoms with E-state index in [1.807, 2.05) is 49.4 Å². The molecule has 0 aliphatic carbocycles. The van der Waals surface area contributed by atoms with Crippen molar-refractivity contribution in [1.82, 2.24) is 9.62 Å². The maximum Gasteiger partial charge on any atom is 0.235 e. The Kier molecular flexibility index (Phi) is 8.04. The van der Waals surface area contributed by atoms with E-state index in [4.69, 9.17) is 9.47 Å². The highest BCUT2D eigenvalue weighted by Crippen LogP contribution is 2.30. The summed E-state index contributed by atoms with van der Waals surface area (Å²) >= 11 is 0. The van der Waals surface area contributed by atoms with Gasteiger partial charge in [-0.3, -0.25) is 4.79 Å². The molecule has 0 radical (unpaired) electrons. The molecule has 29 heavy (non-hydrogen) atoms. The zero-order valence-corrected chi connectivity index (χ0v) is 18.0. The minimum atomic E-state index is -3.55. The summed E-state index contributed by atoms with van der Waals surface area (Å²) in [5, 5.41) is 2.92. The first-order valence-corrected chi connectivity index (χ1v) is 11.1. The molecule has 2 aromatic carbocycles. The smallest absolute Gasteiger partial charge is 0.235 e. The van der Waals surface area contributed by atoms with Crippen LogP contribution in [0.25, 0.3) is 0 Å². The van der Waals surface area contributed by atoms with Crippen LogP contribution in [0.15, 0.2) is 48.5 Å². The molecule has 0 saturated heterocycles. The molecule has 1 amide bonds. The van der Waals surface area contributed by atoms with Gasteiger partial charge in [-0.05, 0) is 29.7 Å². The summed E-state index contributed by atoms with van der Waals surface area (Å²) in [6, 6.07) is 14.3. The van der Waals surface area contributed by atoms with Gasteiger partial charge in [0.05, 0.1) is 33.1 Å². The van der Waals surface area contributed by atoms with Crippen molar-refractivity contribution < 1.29 is 22.7 Å². The Balaban J connectivity index is 2.13. The van der Waals surface area contributed by atoms with Crippen LogP contribution in [0.3, 0.4) is 0 Å². The fourth-order valence-electron chi connectivity index (χ4n) is 2.97. The van der Waals surface area contributed by atoms with Crippen LogP contribution >= 0.6 is 0 Å². The summed E-state index contributed by atoms with van der Waals surface area (Å²) in [5.41, 5.74) is 1.67. The van der Waals surface area contributed by atoms with Crippen LogP contribution < -0.4 is 14.8 Å². The first-order chi connectivity index (χ1) is 13.8. The monoisotopic (exact) mass is 420 g/mol. The van der Waals surface area contributed by atoms with Crippen LogP contribution in [-0.2, 0) is 21.4 Å². The van der Waals surface area contributed by atoms with Crippen molar-refractivity contribution in [2.75, 3.05) is 27.0 Å². The predicted octanol–water partition coefficient (Wildman–Crippen LogP) is 2.73. The summed E-state index contributed by atoms with van der Waals surface area (Å²) in [6.45, 7) is 1.83. The Morgan fingerprint density at radius 1 is 1.07 bits per heavy atom. The van der Waals surface area contributed by atoms with Gasteiger partial charge in [0.1, 0.15) is 0 Å². The van der Waals surface area contributed by atoms with Gasteiger partial charge in [-0.2, -0.15) is 4.31 Å². The molecule has 0 aliphatic rings. The van der Waals surface area contributed by atoms with Crippen LogP contribution in [0.1, 0.15) is 30.5 Å². The summed E-state index contributed by atoms with van der Waals surface area (Å²) in [5.74, 6) is 0.802. The van der Waals surface area contributed by atoms with Crippen LogP contribution in [0.2, 0.25) is 0 Å². The van der Waals surface area contributed by atoms with E-state index in [0.717, 1.165) is 17.4 Å². The molecule has 8 heteroatoms.